The Kier molecular flexibility index (Phi) is 2.79. The average Bonchev–Trinajstić information content (AvgIpc) is 2.71. The molecule has 0 bridgehead atoms. The Morgan fingerprint density at radius 2 is 2.06 bits per heavy atom. The third-order valence-electron chi connectivity index (χ3n) is 2.29. The SMILES string of the molecule is [C-]#[N+]c1ccc(-c2nc(C(F)(F)F)cn2C)cn1. The number of imidazole rings is 1. The lowest BCUT2D eigenvalue weighted by Crippen LogP contribution is -2.04. The van der Waals surface area contributed by atoms with E-state index in [2.05, 4.69) is 14.8 Å². The molecule has 2 aromatic rings. The van der Waals surface area contributed by atoms with E-state index >= 15 is 0 Å². The summed E-state index contributed by atoms with van der Waals surface area (Å²) in [5.41, 5.74) is -0.519. The minimum absolute atomic E-state index is 0.159. The van der Waals surface area contributed by atoms with Crippen molar-refractivity contribution in [3.8, 4) is 11.4 Å². The van der Waals surface area contributed by atoms with Crippen molar-refractivity contribution in [1.82, 2.24) is 14.5 Å². The van der Waals surface area contributed by atoms with E-state index in [9.17, 15) is 13.2 Å². The van der Waals surface area contributed by atoms with E-state index in [-0.39, 0.29) is 11.6 Å². The molecule has 0 atom stereocenters. The van der Waals surface area contributed by atoms with Crippen LogP contribution in [0.2, 0.25) is 0 Å². The molecule has 4 nitrogen and oxygen atoms in total. The van der Waals surface area contributed by atoms with Gasteiger partial charge in [-0.3, -0.25) is 0 Å². The first-order valence-electron chi connectivity index (χ1n) is 4.86. The molecule has 0 aliphatic rings. The molecular formula is C11H7F3N4. The van der Waals surface area contributed by atoms with Crippen LogP contribution in [-0.2, 0) is 13.2 Å². The van der Waals surface area contributed by atoms with E-state index in [1.165, 1.54) is 29.9 Å². The summed E-state index contributed by atoms with van der Waals surface area (Å²) in [5.74, 6) is 0.343. The minimum atomic E-state index is -4.47. The number of nitrogens with zero attached hydrogens (tertiary/aromatic N) is 4. The lowest BCUT2D eigenvalue weighted by molar-refractivity contribution is -0.140. The van der Waals surface area contributed by atoms with Crippen LogP contribution in [0.3, 0.4) is 0 Å². The topological polar surface area (TPSA) is 35.1 Å². The molecule has 0 saturated carbocycles. The third kappa shape index (κ3) is 2.18. The molecule has 0 aliphatic heterocycles. The first-order chi connectivity index (χ1) is 8.41. The monoisotopic (exact) mass is 252 g/mol. The summed E-state index contributed by atoms with van der Waals surface area (Å²) < 4.78 is 38.7. The summed E-state index contributed by atoms with van der Waals surface area (Å²) in [6.07, 6.45) is -2.23. The summed E-state index contributed by atoms with van der Waals surface area (Å²) in [6.45, 7) is 6.74. The predicted octanol–water partition coefficient (Wildman–Crippen LogP) is 3.05. The van der Waals surface area contributed by atoms with Gasteiger partial charge in [-0.15, -0.1) is 4.98 Å². The van der Waals surface area contributed by atoms with Crippen LogP contribution in [0.1, 0.15) is 5.69 Å². The van der Waals surface area contributed by atoms with Crippen molar-refractivity contribution in [2.24, 2.45) is 7.05 Å². The summed E-state index contributed by atoms with van der Waals surface area (Å²) in [7, 11) is 1.47. The molecule has 2 rings (SSSR count). The van der Waals surface area contributed by atoms with E-state index in [4.69, 9.17) is 6.57 Å². The highest BCUT2D eigenvalue weighted by atomic mass is 19.4. The van der Waals surface area contributed by atoms with Crippen LogP contribution in [-0.4, -0.2) is 14.5 Å². The Morgan fingerprint density at radius 1 is 1.33 bits per heavy atom. The number of alkyl halides is 3. The van der Waals surface area contributed by atoms with Gasteiger partial charge in [-0.2, -0.15) is 13.2 Å². The summed E-state index contributed by atoms with van der Waals surface area (Å²) in [4.78, 5) is 10.4. The van der Waals surface area contributed by atoms with E-state index in [0.29, 0.717) is 5.56 Å². The maximum absolute atomic E-state index is 12.5. The molecule has 92 valence electrons. The lowest BCUT2D eigenvalue weighted by Gasteiger charge is -1.99. The van der Waals surface area contributed by atoms with Gasteiger partial charge >= 0.3 is 6.18 Å². The first-order valence-corrected chi connectivity index (χ1v) is 4.86. The second-order valence-electron chi connectivity index (χ2n) is 3.58. The van der Waals surface area contributed by atoms with Gasteiger partial charge in [0.2, 0.25) is 0 Å². The van der Waals surface area contributed by atoms with Gasteiger partial charge in [0.25, 0.3) is 5.82 Å². The highest BCUT2D eigenvalue weighted by Crippen LogP contribution is 2.30. The fraction of sp³-hybridized carbons (Fsp3) is 0.182. The van der Waals surface area contributed by atoms with E-state index in [1.54, 1.807) is 0 Å². The molecule has 18 heavy (non-hydrogen) atoms. The lowest BCUT2D eigenvalue weighted by atomic mass is 10.2. The number of aryl methyl sites for hydroxylation is 1. The van der Waals surface area contributed by atoms with Gasteiger partial charge in [-0.25, -0.2) is 4.98 Å². The standard InChI is InChI=1S/C11H7F3N4/c1-15-9-4-3-7(5-16-9)10-17-8(6-18(10)2)11(12,13)14/h3-6H,2H3. The molecule has 0 aliphatic carbocycles. The molecule has 0 radical (unpaired) electrons. The highest BCUT2D eigenvalue weighted by molar-refractivity contribution is 5.57. The smallest absolute Gasteiger partial charge is 0.361 e. The zero-order chi connectivity index (χ0) is 13.3. The van der Waals surface area contributed by atoms with Crippen molar-refractivity contribution in [1.29, 1.82) is 0 Å². The molecule has 0 N–H and O–H groups in total. The Labute approximate surface area is 101 Å². The van der Waals surface area contributed by atoms with Crippen LogP contribution < -0.4 is 0 Å². The van der Waals surface area contributed by atoms with Crippen LogP contribution in [0.15, 0.2) is 24.5 Å². The normalized spacial score (nSPS) is 11.3. The van der Waals surface area contributed by atoms with Crippen molar-refractivity contribution >= 4 is 5.82 Å². The largest absolute Gasteiger partial charge is 0.434 e. The van der Waals surface area contributed by atoms with Gasteiger partial charge in [0.05, 0.1) is 5.56 Å². The Morgan fingerprint density at radius 3 is 2.50 bits per heavy atom. The second-order valence-corrected chi connectivity index (χ2v) is 3.58. The number of aromatic nitrogens is 3. The van der Waals surface area contributed by atoms with Gasteiger partial charge in [-0.05, 0) is 6.07 Å². The average molecular weight is 252 g/mol. The van der Waals surface area contributed by atoms with E-state index < -0.39 is 11.9 Å². The molecule has 7 heteroatoms. The summed E-state index contributed by atoms with van der Waals surface area (Å²) in [6, 6.07) is 2.95. The molecule has 0 spiro atoms. The van der Waals surface area contributed by atoms with Crippen molar-refractivity contribution in [2.45, 2.75) is 6.18 Å². The van der Waals surface area contributed by atoms with Gasteiger partial charge in [0.1, 0.15) is 12.0 Å². The molecule has 0 aromatic carbocycles. The van der Waals surface area contributed by atoms with Crippen LogP contribution >= 0.6 is 0 Å². The number of hydrogen-bond acceptors (Lipinski definition) is 2. The number of pyridine rings is 1. The van der Waals surface area contributed by atoms with Gasteiger partial charge in [0.15, 0.2) is 5.69 Å². The zero-order valence-electron chi connectivity index (χ0n) is 9.23. The molecule has 0 unspecified atom stereocenters. The molecule has 2 heterocycles. The highest BCUT2D eigenvalue weighted by Gasteiger charge is 2.34. The Hall–Kier alpha value is -2.36. The summed E-state index contributed by atoms with van der Waals surface area (Å²) >= 11 is 0. The molecule has 0 fully saturated rings. The molecule has 2 aromatic heterocycles. The maximum Gasteiger partial charge on any atom is 0.434 e. The number of rotatable bonds is 1. The fourth-order valence-electron chi connectivity index (χ4n) is 1.46. The Balaban J connectivity index is 2.45. The predicted molar refractivity (Wildman–Crippen MR) is 57.7 cm³/mol. The summed E-state index contributed by atoms with van der Waals surface area (Å²) in [5, 5.41) is 0. The van der Waals surface area contributed by atoms with Gasteiger partial charge < -0.3 is 9.41 Å². The maximum atomic E-state index is 12.5. The van der Waals surface area contributed by atoms with Gasteiger partial charge in [0, 0.05) is 13.2 Å². The van der Waals surface area contributed by atoms with Gasteiger partial charge in [-0.1, -0.05) is 12.6 Å². The Bertz CT molecular complexity index is 605. The number of hydrogen-bond donors (Lipinski definition) is 0. The van der Waals surface area contributed by atoms with Crippen molar-refractivity contribution in [3.05, 3.63) is 41.6 Å². The first kappa shape index (κ1) is 12.1. The number of halogens is 3. The van der Waals surface area contributed by atoms with Crippen molar-refractivity contribution < 1.29 is 13.2 Å². The van der Waals surface area contributed by atoms with Crippen LogP contribution in [0.5, 0.6) is 0 Å². The van der Waals surface area contributed by atoms with Crippen LogP contribution in [0.4, 0.5) is 19.0 Å². The third-order valence-corrected chi connectivity index (χ3v) is 2.29. The fourth-order valence-corrected chi connectivity index (χ4v) is 1.46. The molecule has 0 saturated heterocycles. The molecular weight excluding hydrogens is 245 g/mol. The zero-order valence-corrected chi connectivity index (χ0v) is 9.23. The second kappa shape index (κ2) is 4.14. The minimum Gasteiger partial charge on any atom is -0.361 e. The van der Waals surface area contributed by atoms with Crippen LogP contribution in [0.25, 0.3) is 16.2 Å². The van der Waals surface area contributed by atoms with E-state index in [0.717, 1.165) is 6.20 Å². The van der Waals surface area contributed by atoms with Crippen molar-refractivity contribution in [2.75, 3.05) is 0 Å². The van der Waals surface area contributed by atoms with E-state index in [1.807, 2.05) is 0 Å². The van der Waals surface area contributed by atoms with Crippen molar-refractivity contribution in [3.63, 3.8) is 0 Å². The quantitative estimate of drug-likeness (QED) is 0.731. The molecule has 0 amide bonds. The van der Waals surface area contributed by atoms with Crippen LogP contribution in [0, 0.1) is 6.57 Å².